The van der Waals surface area contributed by atoms with E-state index in [1.165, 1.54) is 36.7 Å². The second kappa shape index (κ2) is 9.16. The Kier molecular flexibility index (Phi) is 6.63. The number of ether oxygens (including phenoxy) is 1. The van der Waals surface area contributed by atoms with E-state index >= 15 is 0 Å². The van der Waals surface area contributed by atoms with Gasteiger partial charge in [0.2, 0.25) is 0 Å². The summed E-state index contributed by atoms with van der Waals surface area (Å²) in [4.78, 5) is 17.2. The zero-order chi connectivity index (χ0) is 20.0. The third kappa shape index (κ3) is 5.08. The van der Waals surface area contributed by atoms with E-state index in [1.807, 2.05) is 0 Å². The van der Waals surface area contributed by atoms with Gasteiger partial charge in [-0.2, -0.15) is 0 Å². The summed E-state index contributed by atoms with van der Waals surface area (Å²) >= 11 is 0. The third-order valence-electron chi connectivity index (χ3n) is 4.28. The maximum Gasteiger partial charge on any atom is 0.267 e. The van der Waals surface area contributed by atoms with Crippen molar-refractivity contribution in [3.8, 4) is 0 Å². The Balaban J connectivity index is 1.60. The Morgan fingerprint density at radius 1 is 1.29 bits per heavy atom. The highest BCUT2D eigenvalue weighted by Gasteiger charge is 2.17. The van der Waals surface area contributed by atoms with Gasteiger partial charge < -0.3 is 10.5 Å². The van der Waals surface area contributed by atoms with Crippen molar-refractivity contribution in [3.63, 3.8) is 0 Å². The first-order valence-corrected chi connectivity index (χ1v) is 10.4. The molecule has 0 spiro atoms. The molecule has 2 heterocycles. The molecular formula is C19H23N3O5S. The molecule has 1 amide bonds. The standard InChI is InChI=1S/C19H23N3O5S/c20-13-15-4-7-17(8-5-15)28(24,25)22-11-10-16(14-22)6-9-18(23)21-27-19-3-1-2-12-26-19/h4-11,14,19H,1-3,12-13,20H2,(H,21,23). The van der Waals surface area contributed by atoms with Crippen LogP contribution in [0.3, 0.4) is 0 Å². The minimum absolute atomic E-state index is 0.162. The van der Waals surface area contributed by atoms with Crippen LogP contribution in [0.15, 0.2) is 53.7 Å². The van der Waals surface area contributed by atoms with Gasteiger partial charge in [0.25, 0.3) is 15.9 Å². The number of hydroxylamine groups is 1. The lowest BCUT2D eigenvalue weighted by molar-refractivity contribution is -0.198. The molecular weight excluding hydrogens is 382 g/mol. The van der Waals surface area contributed by atoms with Crippen molar-refractivity contribution in [2.45, 2.75) is 37.0 Å². The van der Waals surface area contributed by atoms with Gasteiger partial charge in [-0.3, -0.25) is 4.79 Å². The molecule has 1 fully saturated rings. The Bertz CT molecular complexity index is 929. The molecule has 1 aliphatic rings. The molecule has 1 atom stereocenters. The number of nitrogens with two attached hydrogens (primary N) is 1. The average Bonchev–Trinajstić information content (AvgIpc) is 3.21. The van der Waals surface area contributed by atoms with Crippen LogP contribution in [-0.4, -0.2) is 31.2 Å². The maximum atomic E-state index is 12.7. The second-order valence-electron chi connectivity index (χ2n) is 6.34. The Morgan fingerprint density at radius 2 is 2.07 bits per heavy atom. The highest BCUT2D eigenvalue weighted by Crippen LogP contribution is 2.17. The van der Waals surface area contributed by atoms with E-state index in [4.69, 9.17) is 15.3 Å². The molecule has 28 heavy (non-hydrogen) atoms. The van der Waals surface area contributed by atoms with Crippen molar-refractivity contribution in [3.05, 3.63) is 59.9 Å². The number of hydrogen-bond donors (Lipinski definition) is 2. The smallest absolute Gasteiger partial charge is 0.267 e. The highest BCUT2D eigenvalue weighted by molar-refractivity contribution is 7.90. The van der Waals surface area contributed by atoms with Gasteiger partial charge in [0, 0.05) is 38.0 Å². The topological polar surface area (TPSA) is 113 Å². The number of carbonyl (C=O) groups excluding carboxylic acids is 1. The SMILES string of the molecule is NCc1ccc(S(=O)(=O)n2ccc(C=CC(=O)NOC3CCCCO3)c2)cc1. The van der Waals surface area contributed by atoms with Crippen molar-refractivity contribution in [2.24, 2.45) is 5.73 Å². The fourth-order valence-electron chi connectivity index (χ4n) is 2.69. The molecule has 9 heteroatoms. The number of nitrogens with one attached hydrogen (secondary N) is 1. The van der Waals surface area contributed by atoms with Crippen molar-refractivity contribution in [2.75, 3.05) is 6.61 Å². The van der Waals surface area contributed by atoms with Crippen LogP contribution in [0, 0.1) is 0 Å². The molecule has 3 rings (SSSR count). The molecule has 3 N–H and O–H groups in total. The minimum atomic E-state index is -3.71. The molecule has 1 aromatic heterocycles. The van der Waals surface area contributed by atoms with Crippen molar-refractivity contribution in [1.82, 2.24) is 9.45 Å². The summed E-state index contributed by atoms with van der Waals surface area (Å²) in [6, 6.07) is 7.99. The van der Waals surface area contributed by atoms with Crippen LogP contribution in [0.25, 0.3) is 6.08 Å². The normalized spacial score (nSPS) is 17.7. The van der Waals surface area contributed by atoms with Crippen LogP contribution >= 0.6 is 0 Å². The predicted molar refractivity (Wildman–Crippen MR) is 103 cm³/mol. The van der Waals surface area contributed by atoms with Crippen LogP contribution in [0.4, 0.5) is 0 Å². The van der Waals surface area contributed by atoms with Crippen molar-refractivity contribution < 1.29 is 22.8 Å². The highest BCUT2D eigenvalue weighted by atomic mass is 32.2. The molecule has 0 bridgehead atoms. The molecule has 0 radical (unpaired) electrons. The predicted octanol–water partition coefficient (Wildman–Crippen LogP) is 1.77. The van der Waals surface area contributed by atoms with E-state index in [0.717, 1.165) is 28.8 Å². The van der Waals surface area contributed by atoms with Crippen LogP contribution in [0.2, 0.25) is 0 Å². The van der Waals surface area contributed by atoms with E-state index in [1.54, 1.807) is 18.2 Å². The zero-order valence-corrected chi connectivity index (χ0v) is 16.1. The number of rotatable bonds is 7. The monoisotopic (exact) mass is 405 g/mol. The Labute approximate surface area is 163 Å². The molecule has 1 aromatic carbocycles. The summed E-state index contributed by atoms with van der Waals surface area (Å²) in [7, 11) is -3.71. The molecule has 1 aliphatic heterocycles. The number of hydrogen-bond acceptors (Lipinski definition) is 6. The van der Waals surface area contributed by atoms with Gasteiger partial charge in [0.05, 0.1) is 4.90 Å². The van der Waals surface area contributed by atoms with E-state index in [0.29, 0.717) is 18.7 Å². The average molecular weight is 405 g/mol. The fraction of sp³-hybridized carbons (Fsp3) is 0.316. The lowest BCUT2D eigenvalue weighted by Crippen LogP contribution is -2.32. The van der Waals surface area contributed by atoms with Gasteiger partial charge in [-0.25, -0.2) is 22.7 Å². The first-order valence-electron chi connectivity index (χ1n) is 8.97. The van der Waals surface area contributed by atoms with Crippen LogP contribution < -0.4 is 11.2 Å². The summed E-state index contributed by atoms with van der Waals surface area (Å²) < 4.78 is 31.8. The van der Waals surface area contributed by atoms with Crippen molar-refractivity contribution in [1.29, 1.82) is 0 Å². The quantitative estimate of drug-likeness (QED) is 0.536. The van der Waals surface area contributed by atoms with Gasteiger partial charge in [-0.05, 0) is 48.2 Å². The fourth-order valence-corrected chi connectivity index (χ4v) is 3.90. The first-order chi connectivity index (χ1) is 13.5. The van der Waals surface area contributed by atoms with E-state index < -0.39 is 22.2 Å². The maximum absolute atomic E-state index is 12.7. The number of nitrogens with zero attached hydrogens (tertiary/aromatic N) is 1. The van der Waals surface area contributed by atoms with E-state index in [2.05, 4.69) is 5.48 Å². The number of benzene rings is 1. The molecule has 0 saturated carbocycles. The number of aromatic nitrogens is 1. The Hall–Kier alpha value is -2.46. The number of carbonyl (C=O) groups is 1. The largest absolute Gasteiger partial charge is 0.350 e. The van der Waals surface area contributed by atoms with Crippen LogP contribution in [0.1, 0.15) is 30.4 Å². The first kappa shape index (κ1) is 20.3. The molecule has 8 nitrogen and oxygen atoms in total. The summed E-state index contributed by atoms with van der Waals surface area (Å²) in [6.07, 6.45) is 7.92. The van der Waals surface area contributed by atoms with E-state index in [9.17, 15) is 13.2 Å². The molecule has 0 aliphatic carbocycles. The van der Waals surface area contributed by atoms with Gasteiger partial charge in [0.15, 0.2) is 6.29 Å². The van der Waals surface area contributed by atoms with Gasteiger partial charge in [0.1, 0.15) is 0 Å². The van der Waals surface area contributed by atoms with Crippen molar-refractivity contribution >= 4 is 22.0 Å². The summed E-state index contributed by atoms with van der Waals surface area (Å²) in [6.45, 7) is 0.963. The van der Waals surface area contributed by atoms with Crippen LogP contribution in [0.5, 0.6) is 0 Å². The second-order valence-corrected chi connectivity index (χ2v) is 8.18. The molecule has 150 valence electrons. The number of amides is 1. The summed E-state index contributed by atoms with van der Waals surface area (Å²) in [5, 5.41) is 0. The molecule has 1 saturated heterocycles. The lowest BCUT2D eigenvalue weighted by atomic mass is 10.2. The Morgan fingerprint density at radius 3 is 2.75 bits per heavy atom. The van der Waals surface area contributed by atoms with Gasteiger partial charge in [-0.15, -0.1) is 0 Å². The van der Waals surface area contributed by atoms with Gasteiger partial charge in [-0.1, -0.05) is 12.1 Å². The third-order valence-corrected chi connectivity index (χ3v) is 5.93. The van der Waals surface area contributed by atoms with Crippen LogP contribution in [-0.2, 0) is 30.9 Å². The zero-order valence-electron chi connectivity index (χ0n) is 15.3. The minimum Gasteiger partial charge on any atom is -0.350 e. The lowest BCUT2D eigenvalue weighted by Gasteiger charge is -2.21. The summed E-state index contributed by atoms with van der Waals surface area (Å²) in [5.41, 5.74) is 9.25. The van der Waals surface area contributed by atoms with Gasteiger partial charge >= 0.3 is 0 Å². The molecule has 2 aromatic rings. The van der Waals surface area contributed by atoms with E-state index in [-0.39, 0.29) is 4.90 Å². The molecule has 1 unspecified atom stereocenters. The summed E-state index contributed by atoms with van der Waals surface area (Å²) in [5.74, 6) is -0.456.